The Labute approximate surface area is 164 Å². The highest BCUT2D eigenvalue weighted by atomic mass is 16.5. The zero-order valence-electron chi connectivity index (χ0n) is 15.7. The van der Waals surface area contributed by atoms with Gasteiger partial charge in [0.15, 0.2) is 0 Å². The summed E-state index contributed by atoms with van der Waals surface area (Å²) in [5.41, 5.74) is 2.21. The van der Waals surface area contributed by atoms with Gasteiger partial charge >= 0.3 is 0 Å². The van der Waals surface area contributed by atoms with Crippen molar-refractivity contribution < 1.29 is 14.6 Å². The number of amides is 1. The van der Waals surface area contributed by atoms with E-state index in [1.165, 1.54) is 0 Å². The van der Waals surface area contributed by atoms with Gasteiger partial charge in [-0.1, -0.05) is 30.3 Å². The first-order valence-electron chi connectivity index (χ1n) is 9.40. The number of carbonyl (C=O) groups excluding carboxylic acids is 1. The number of benzene rings is 2. The predicted molar refractivity (Wildman–Crippen MR) is 106 cm³/mol. The number of para-hydroxylation sites is 1. The monoisotopic (exact) mass is 377 g/mol. The number of rotatable bonds is 5. The number of likely N-dealkylation sites (tertiary alicyclic amines) is 1. The minimum Gasteiger partial charge on any atom is -0.497 e. The molecule has 144 valence electrons. The van der Waals surface area contributed by atoms with Crippen LogP contribution in [-0.2, 0) is 0 Å². The molecule has 28 heavy (non-hydrogen) atoms. The van der Waals surface area contributed by atoms with Gasteiger partial charge in [-0.3, -0.25) is 4.79 Å². The average Bonchev–Trinajstić information content (AvgIpc) is 3.43. The summed E-state index contributed by atoms with van der Waals surface area (Å²) >= 11 is 0. The fourth-order valence-corrected chi connectivity index (χ4v) is 3.72. The molecular weight excluding hydrogens is 354 g/mol. The van der Waals surface area contributed by atoms with Crippen LogP contribution in [0.25, 0.3) is 5.69 Å². The number of aliphatic hydroxyl groups is 1. The summed E-state index contributed by atoms with van der Waals surface area (Å²) in [5, 5.41) is 15.2. The molecule has 1 aliphatic rings. The van der Waals surface area contributed by atoms with Crippen molar-refractivity contribution in [1.29, 1.82) is 0 Å². The molecule has 0 aliphatic carbocycles. The number of ether oxygens (including phenoxy) is 1. The molecule has 6 nitrogen and oxygen atoms in total. The molecule has 0 radical (unpaired) electrons. The lowest BCUT2D eigenvalue weighted by molar-refractivity contribution is 0.0486. The molecular formula is C22H23N3O3. The van der Waals surface area contributed by atoms with Crippen LogP contribution in [0.5, 0.6) is 5.75 Å². The number of aromatic nitrogens is 2. The van der Waals surface area contributed by atoms with Crippen LogP contribution in [0.1, 0.15) is 34.9 Å². The first kappa shape index (κ1) is 18.3. The summed E-state index contributed by atoms with van der Waals surface area (Å²) in [5.74, 6) is 0.640. The van der Waals surface area contributed by atoms with E-state index in [1.54, 1.807) is 29.1 Å². The van der Waals surface area contributed by atoms with E-state index in [4.69, 9.17) is 4.74 Å². The van der Waals surface area contributed by atoms with Crippen LogP contribution in [-0.4, -0.2) is 45.4 Å². The third kappa shape index (κ3) is 3.51. The van der Waals surface area contributed by atoms with Crippen LogP contribution < -0.4 is 4.74 Å². The van der Waals surface area contributed by atoms with Crippen molar-refractivity contribution in [3.63, 3.8) is 0 Å². The maximum atomic E-state index is 13.1. The van der Waals surface area contributed by atoms with Gasteiger partial charge in [-0.25, -0.2) is 4.68 Å². The molecule has 0 spiro atoms. The number of aliphatic hydroxyl groups excluding tert-OH is 1. The molecule has 4 rings (SSSR count). The summed E-state index contributed by atoms with van der Waals surface area (Å²) < 4.78 is 6.87. The van der Waals surface area contributed by atoms with Crippen LogP contribution >= 0.6 is 0 Å². The molecule has 2 aromatic carbocycles. The van der Waals surface area contributed by atoms with Crippen LogP contribution in [0, 0.1) is 0 Å². The van der Waals surface area contributed by atoms with Crippen molar-refractivity contribution >= 4 is 5.91 Å². The highest BCUT2D eigenvalue weighted by Gasteiger charge is 2.35. The van der Waals surface area contributed by atoms with Crippen LogP contribution in [0.4, 0.5) is 0 Å². The van der Waals surface area contributed by atoms with Crippen molar-refractivity contribution in [3.8, 4) is 11.4 Å². The summed E-state index contributed by atoms with van der Waals surface area (Å²) in [7, 11) is 1.61. The van der Waals surface area contributed by atoms with E-state index in [-0.39, 0.29) is 11.9 Å². The second kappa shape index (κ2) is 7.86. The Balaban J connectivity index is 1.52. The smallest absolute Gasteiger partial charge is 0.257 e. The predicted octanol–water partition coefficient (Wildman–Crippen LogP) is 3.22. The fraction of sp³-hybridized carbons (Fsp3) is 0.273. The summed E-state index contributed by atoms with van der Waals surface area (Å²) in [6.07, 6.45) is 4.24. The maximum absolute atomic E-state index is 13.1. The topological polar surface area (TPSA) is 67.6 Å². The van der Waals surface area contributed by atoms with Gasteiger partial charge in [0.25, 0.3) is 5.91 Å². The number of nitrogens with zero attached hydrogens (tertiary/aromatic N) is 3. The SMILES string of the molecule is COc1ccc(C(O)C2CCCN2C(=O)c2cnn(-c3ccccc3)c2)cc1. The Hall–Kier alpha value is -3.12. The van der Waals surface area contributed by atoms with Gasteiger partial charge in [0.05, 0.1) is 36.7 Å². The molecule has 1 N–H and O–H groups in total. The molecule has 1 fully saturated rings. The van der Waals surface area contributed by atoms with E-state index in [0.717, 1.165) is 29.8 Å². The largest absolute Gasteiger partial charge is 0.497 e. The Bertz CT molecular complexity index is 937. The van der Waals surface area contributed by atoms with Gasteiger partial charge in [0, 0.05) is 12.7 Å². The Morgan fingerprint density at radius 2 is 1.93 bits per heavy atom. The molecule has 6 heteroatoms. The van der Waals surface area contributed by atoms with E-state index in [0.29, 0.717) is 12.1 Å². The number of methoxy groups -OCH3 is 1. The second-order valence-electron chi connectivity index (χ2n) is 6.94. The van der Waals surface area contributed by atoms with Crippen molar-refractivity contribution in [2.75, 3.05) is 13.7 Å². The minimum atomic E-state index is -0.735. The lowest BCUT2D eigenvalue weighted by Gasteiger charge is -2.28. The van der Waals surface area contributed by atoms with Crippen molar-refractivity contribution in [3.05, 3.63) is 78.1 Å². The maximum Gasteiger partial charge on any atom is 0.257 e. The molecule has 1 aromatic heterocycles. The fourth-order valence-electron chi connectivity index (χ4n) is 3.72. The van der Waals surface area contributed by atoms with E-state index >= 15 is 0 Å². The van der Waals surface area contributed by atoms with Gasteiger partial charge in [-0.05, 0) is 42.7 Å². The average molecular weight is 377 g/mol. The van der Waals surface area contributed by atoms with Gasteiger partial charge in [-0.15, -0.1) is 0 Å². The molecule has 1 amide bonds. The Kier molecular flexibility index (Phi) is 5.12. The van der Waals surface area contributed by atoms with Crippen LogP contribution in [0.3, 0.4) is 0 Å². The normalized spacial score (nSPS) is 17.5. The zero-order valence-corrected chi connectivity index (χ0v) is 15.7. The van der Waals surface area contributed by atoms with E-state index < -0.39 is 6.10 Å². The third-order valence-corrected chi connectivity index (χ3v) is 5.23. The Morgan fingerprint density at radius 1 is 1.18 bits per heavy atom. The van der Waals surface area contributed by atoms with Crippen LogP contribution in [0.2, 0.25) is 0 Å². The van der Waals surface area contributed by atoms with Gasteiger partial charge < -0.3 is 14.7 Å². The van der Waals surface area contributed by atoms with E-state index in [9.17, 15) is 9.90 Å². The molecule has 2 heterocycles. The van der Waals surface area contributed by atoms with Gasteiger partial charge in [0.1, 0.15) is 5.75 Å². The highest BCUT2D eigenvalue weighted by Crippen LogP contribution is 2.31. The summed E-state index contributed by atoms with van der Waals surface area (Å²) in [6.45, 7) is 0.632. The van der Waals surface area contributed by atoms with Crippen molar-refractivity contribution in [2.45, 2.75) is 25.0 Å². The minimum absolute atomic E-state index is 0.0998. The molecule has 0 saturated carbocycles. The first-order valence-corrected chi connectivity index (χ1v) is 9.40. The third-order valence-electron chi connectivity index (χ3n) is 5.23. The summed E-state index contributed by atoms with van der Waals surface area (Å²) in [6, 6.07) is 16.8. The van der Waals surface area contributed by atoms with E-state index in [2.05, 4.69) is 5.10 Å². The number of hydrogen-bond donors (Lipinski definition) is 1. The number of carbonyl (C=O) groups is 1. The van der Waals surface area contributed by atoms with E-state index in [1.807, 2.05) is 54.6 Å². The molecule has 3 aromatic rings. The molecule has 0 bridgehead atoms. The van der Waals surface area contributed by atoms with Crippen molar-refractivity contribution in [1.82, 2.24) is 14.7 Å². The lowest BCUT2D eigenvalue weighted by atomic mass is 10.00. The summed E-state index contributed by atoms with van der Waals surface area (Å²) in [4.78, 5) is 14.8. The van der Waals surface area contributed by atoms with Crippen molar-refractivity contribution in [2.24, 2.45) is 0 Å². The van der Waals surface area contributed by atoms with Crippen LogP contribution in [0.15, 0.2) is 67.0 Å². The van der Waals surface area contributed by atoms with Gasteiger partial charge in [0.2, 0.25) is 0 Å². The van der Waals surface area contributed by atoms with Gasteiger partial charge in [-0.2, -0.15) is 5.10 Å². The first-order chi connectivity index (χ1) is 13.7. The zero-order chi connectivity index (χ0) is 19.5. The Morgan fingerprint density at radius 3 is 2.64 bits per heavy atom. The number of hydrogen-bond acceptors (Lipinski definition) is 4. The standard InChI is InChI=1S/C22H23N3O3/c1-28-19-11-9-16(10-12-19)21(26)20-8-5-13-24(20)22(27)17-14-23-25(15-17)18-6-3-2-4-7-18/h2-4,6-7,9-12,14-15,20-21,26H,5,8,13H2,1H3. The quantitative estimate of drug-likeness (QED) is 0.741. The lowest BCUT2D eigenvalue weighted by Crippen LogP contribution is -2.39. The molecule has 1 aliphatic heterocycles. The second-order valence-corrected chi connectivity index (χ2v) is 6.94. The highest BCUT2D eigenvalue weighted by molar-refractivity contribution is 5.94. The molecule has 2 atom stereocenters. The molecule has 1 saturated heterocycles. The molecule has 2 unspecified atom stereocenters.